The molecule has 1 unspecified atom stereocenters. The van der Waals surface area contributed by atoms with E-state index in [1.165, 1.54) is 76.4 Å². The Morgan fingerprint density at radius 2 is 1.60 bits per heavy atom. The van der Waals surface area contributed by atoms with E-state index in [4.69, 9.17) is 19.2 Å². The largest absolute Gasteiger partial charge is 0.494 e. The number of benzene rings is 1. The van der Waals surface area contributed by atoms with Crippen LogP contribution in [0.2, 0.25) is 0 Å². The van der Waals surface area contributed by atoms with Gasteiger partial charge in [-0.25, -0.2) is 0 Å². The maximum absolute atomic E-state index is 6.97. The van der Waals surface area contributed by atoms with Gasteiger partial charge >= 0.3 is 0 Å². The summed E-state index contributed by atoms with van der Waals surface area (Å²) < 4.78 is 13.0. The minimum Gasteiger partial charge on any atom is -0.494 e. The van der Waals surface area contributed by atoms with Gasteiger partial charge in [0.25, 0.3) is 0 Å². The minimum absolute atomic E-state index is 0.451. The zero-order valence-electron chi connectivity index (χ0n) is 21.3. The Labute approximate surface area is 210 Å². The van der Waals surface area contributed by atoms with Gasteiger partial charge in [0.05, 0.1) is 6.61 Å². The average Bonchev–Trinajstić information content (AvgIpc) is 3.25. The Balaban J connectivity index is 0.951. The second kappa shape index (κ2) is 9.31. The van der Waals surface area contributed by atoms with Gasteiger partial charge in [0.1, 0.15) is 5.75 Å². The molecule has 5 aliphatic carbocycles. The molecule has 5 heteroatoms. The molecule has 0 N–H and O–H groups in total. The van der Waals surface area contributed by atoms with Gasteiger partial charge in [-0.2, -0.15) is 9.78 Å². The first-order valence-corrected chi connectivity index (χ1v) is 14.7. The number of rotatable bonds is 6. The number of nitrogens with zero attached hydrogens (tertiary/aromatic N) is 1. The molecular formula is C30H43NO4. The first kappa shape index (κ1) is 23.0. The average molecular weight is 482 g/mol. The fourth-order valence-electron chi connectivity index (χ4n) is 8.76. The lowest BCUT2D eigenvalue weighted by Crippen LogP contribution is -2.59. The van der Waals surface area contributed by atoms with Crippen LogP contribution in [0.3, 0.4) is 0 Å². The van der Waals surface area contributed by atoms with Crippen molar-refractivity contribution in [2.45, 2.75) is 101 Å². The van der Waals surface area contributed by atoms with Crippen molar-refractivity contribution in [3.63, 3.8) is 0 Å². The normalized spacial score (nSPS) is 42.8. The third-order valence-electron chi connectivity index (χ3n) is 10.3. The molecule has 2 spiro atoms. The molecule has 0 amide bonds. The van der Waals surface area contributed by atoms with E-state index in [0.717, 1.165) is 56.4 Å². The number of likely N-dealkylation sites (tertiary alicyclic amines) is 1. The van der Waals surface area contributed by atoms with Crippen LogP contribution in [0.5, 0.6) is 5.75 Å². The van der Waals surface area contributed by atoms with E-state index in [2.05, 4.69) is 29.2 Å². The van der Waals surface area contributed by atoms with Crippen LogP contribution in [-0.2, 0) is 14.5 Å². The van der Waals surface area contributed by atoms with E-state index in [0.29, 0.717) is 17.8 Å². The number of piperidine rings is 1. The second-order valence-corrected chi connectivity index (χ2v) is 12.7. The zero-order chi connectivity index (χ0) is 23.3. The van der Waals surface area contributed by atoms with E-state index < -0.39 is 11.6 Å². The summed E-state index contributed by atoms with van der Waals surface area (Å²) in [6, 6.07) is 8.84. The Morgan fingerprint density at radius 3 is 2.34 bits per heavy atom. The summed E-state index contributed by atoms with van der Waals surface area (Å²) in [4.78, 5) is 15.1. The fraction of sp³-hybridized carbons (Fsp3) is 0.800. The Morgan fingerprint density at radius 1 is 0.857 bits per heavy atom. The van der Waals surface area contributed by atoms with Crippen LogP contribution in [0.4, 0.5) is 0 Å². The Kier molecular flexibility index (Phi) is 6.12. The fourth-order valence-corrected chi connectivity index (χ4v) is 8.76. The van der Waals surface area contributed by atoms with E-state index in [9.17, 15) is 0 Å². The molecular weight excluding hydrogens is 438 g/mol. The zero-order valence-corrected chi connectivity index (χ0v) is 21.3. The third-order valence-corrected chi connectivity index (χ3v) is 10.3. The van der Waals surface area contributed by atoms with Crippen molar-refractivity contribution in [3.05, 3.63) is 29.8 Å². The van der Waals surface area contributed by atoms with Gasteiger partial charge in [-0.1, -0.05) is 18.6 Å². The molecule has 2 saturated heterocycles. The van der Waals surface area contributed by atoms with Crippen LogP contribution in [0.15, 0.2) is 24.3 Å². The van der Waals surface area contributed by atoms with Gasteiger partial charge in [0.2, 0.25) is 11.6 Å². The van der Waals surface area contributed by atoms with Crippen molar-refractivity contribution in [2.75, 3.05) is 26.2 Å². The smallest absolute Gasteiger partial charge is 0.210 e. The lowest BCUT2D eigenvalue weighted by atomic mass is 9.53. The van der Waals surface area contributed by atoms with E-state index >= 15 is 0 Å². The maximum Gasteiger partial charge on any atom is 0.210 e. The summed E-state index contributed by atoms with van der Waals surface area (Å²) in [5.74, 6) is 3.29. The van der Waals surface area contributed by atoms with Crippen LogP contribution in [0.25, 0.3) is 0 Å². The van der Waals surface area contributed by atoms with Gasteiger partial charge in [0, 0.05) is 31.2 Å². The maximum atomic E-state index is 6.97. The quantitative estimate of drug-likeness (QED) is 0.346. The molecule has 1 aromatic rings. The predicted octanol–water partition coefficient (Wildman–Crippen LogP) is 6.43. The van der Waals surface area contributed by atoms with Crippen molar-refractivity contribution < 1.29 is 19.2 Å². The number of hydrogen-bond donors (Lipinski definition) is 0. The molecule has 5 nitrogen and oxygen atoms in total. The van der Waals surface area contributed by atoms with Crippen LogP contribution in [0.1, 0.15) is 95.0 Å². The summed E-state index contributed by atoms with van der Waals surface area (Å²) in [7, 11) is 0. The molecule has 4 bridgehead atoms. The van der Waals surface area contributed by atoms with Crippen LogP contribution < -0.4 is 4.74 Å². The number of ether oxygens (including phenoxy) is 2. The van der Waals surface area contributed by atoms with Gasteiger partial charge < -0.3 is 14.4 Å². The summed E-state index contributed by atoms with van der Waals surface area (Å²) in [5.41, 5.74) is 1.38. The third kappa shape index (κ3) is 4.35. The molecule has 1 aromatic carbocycles. The first-order chi connectivity index (χ1) is 17.2. The highest BCUT2D eigenvalue weighted by atomic mass is 17.3. The molecule has 5 saturated carbocycles. The van der Waals surface area contributed by atoms with Crippen molar-refractivity contribution in [1.29, 1.82) is 0 Å². The van der Waals surface area contributed by atoms with Gasteiger partial charge in [-0.15, -0.1) is 0 Å². The summed E-state index contributed by atoms with van der Waals surface area (Å²) in [5, 5.41) is 0. The number of hydrogen-bond acceptors (Lipinski definition) is 5. The van der Waals surface area contributed by atoms with Crippen LogP contribution in [0, 0.1) is 23.7 Å². The van der Waals surface area contributed by atoms with Crippen molar-refractivity contribution in [2.24, 2.45) is 23.7 Å². The van der Waals surface area contributed by atoms with Gasteiger partial charge in [-0.05, 0) is 113 Å². The minimum atomic E-state index is -0.554. The molecule has 8 rings (SSSR count). The molecule has 0 aromatic heterocycles. The highest BCUT2D eigenvalue weighted by Gasteiger charge is 2.67. The topological polar surface area (TPSA) is 40.2 Å². The summed E-state index contributed by atoms with van der Waals surface area (Å²) in [6.45, 7) is 4.49. The van der Waals surface area contributed by atoms with Crippen molar-refractivity contribution in [1.82, 2.24) is 4.90 Å². The molecule has 0 radical (unpaired) electrons. The van der Waals surface area contributed by atoms with Crippen molar-refractivity contribution in [3.8, 4) is 5.75 Å². The summed E-state index contributed by atoms with van der Waals surface area (Å²) >= 11 is 0. The SMILES string of the molecule is c1cc(C2CCC[C@]3(C2)OOC2(O3)C3CC4CC(C3)CC2C4)ccc1OCCCN1CCCCC1. The predicted molar refractivity (Wildman–Crippen MR) is 134 cm³/mol. The van der Waals surface area contributed by atoms with E-state index in [1.807, 2.05) is 0 Å². The molecule has 2 atom stereocenters. The van der Waals surface area contributed by atoms with Gasteiger partial charge in [-0.3, -0.25) is 0 Å². The van der Waals surface area contributed by atoms with Gasteiger partial charge in [0.15, 0.2) is 0 Å². The molecule has 7 fully saturated rings. The highest BCUT2D eigenvalue weighted by molar-refractivity contribution is 5.30. The lowest BCUT2D eigenvalue weighted by Gasteiger charge is -2.57. The monoisotopic (exact) mass is 481 g/mol. The Hall–Kier alpha value is -1.14. The van der Waals surface area contributed by atoms with Crippen LogP contribution >= 0.6 is 0 Å². The lowest BCUT2D eigenvalue weighted by molar-refractivity contribution is -0.390. The highest BCUT2D eigenvalue weighted by Crippen LogP contribution is 2.64. The molecule has 2 aliphatic heterocycles. The van der Waals surface area contributed by atoms with Crippen LogP contribution in [-0.4, -0.2) is 42.7 Å². The molecule has 2 heterocycles. The standard InChI is InChI=1S/C30H43NO4/c1-2-12-31(13-3-1)14-5-15-32-28-9-7-24(8-10-28)25-6-4-11-29(21-25)33-30(35-34-29)26-17-22-16-23(19-26)20-27(30)18-22/h7-10,22-23,25-27H,1-6,11-21H2/t22?,23?,25?,26?,27?,29-,30?/m1/s1. The van der Waals surface area contributed by atoms with E-state index in [-0.39, 0.29) is 0 Å². The van der Waals surface area contributed by atoms with Crippen molar-refractivity contribution >= 4 is 0 Å². The Bertz CT molecular complexity index is 853. The van der Waals surface area contributed by atoms with E-state index in [1.54, 1.807) is 0 Å². The molecule has 192 valence electrons. The second-order valence-electron chi connectivity index (χ2n) is 12.7. The first-order valence-electron chi connectivity index (χ1n) is 14.7. The molecule has 35 heavy (non-hydrogen) atoms. The molecule has 7 aliphatic rings. The summed E-state index contributed by atoms with van der Waals surface area (Å²) in [6.07, 6.45) is 15.9.